The number of aromatic nitrogens is 5. The number of nitrogen functional groups attached to an aromatic ring is 1. The number of thiophene rings is 1. The Balaban J connectivity index is 1.72. The molecule has 0 spiro atoms. The molecule has 0 aliphatic carbocycles. The van der Waals surface area contributed by atoms with Crippen molar-refractivity contribution in [1.82, 2.24) is 24.1 Å². The lowest BCUT2D eigenvalue weighted by molar-refractivity contribution is 0.420. The Labute approximate surface area is 177 Å². The fraction of sp³-hybridized carbons (Fsp3) is 0.227. The number of aryl methyl sites for hydroxylation is 3. The summed E-state index contributed by atoms with van der Waals surface area (Å²) in [4.78, 5) is 9.86. The summed E-state index contributed by atoms with van der Waals surface area (Å²) >= 11 is 1.69. The third-order valence-corrected chi connectivity index (χ3v) is 6.50. The van der Waals surface area contributed by atoms with Crippen molar-refractivity contribution in [3.63, 3.8) is 0 Å². The number of benzene rings is 1. The lowest BCUT2D eigenvalue weighted by atomic mass is 10.1. The molecule has 1 aromatic carbocycles. The van der Waals surface area contributed by atoms with Gasteiger partial charge in [0.05, 0.1) is 29.7 Å². The van der Waals surface area contributed by atoms with E-state index in [4.69, 9.17) is 10.5 Å². The predicted octanol–water partition coefficient (Wildman–Crippen LogP) is 4.37. The molecule has 0 aliphatic heterocycles. The fourth-order valence-electron chi connectivity index (χ4n) is 3.98. The van der Waals surface area contributed by atoms with Crippen LogP contribution in [-0.4, -0.2) is 31.3 Å². The fourth-order valence-corrected chi connectivity index (χ4v) is 5.13. The summed E-state index contributed by atoms with van der Waals surface area (Å²) in [7, 11) is 1.71. The second-order valence-corrected chi connectivity index (χ2v) is 8.56. The summed E-state index contributed by atoms with van der Waals surface area (Å²) in [6.45, 7) is 6.73. The average Bonchev–Trinajstić information content (AvgIpc) is 3.37. The van der Waals surface area contributed by atoms with Crippen molar-refractivity contribution in [3.05, 3.63) is 59.6 Å². The van der Waals surface area contributed by atoms with Crippen molar-refractivity contribution in [3.8, 4) is 16.2 Å². The minimum absolute atomic E-state index is 0.463. The number of methoxy groups -OCH3 is 1. The zero-order valence-electron chi connectivity index (χ0n) is 17.3. The van der Waals surface area contributed by atoms with Crippen molar-refractivity contribution >= 4 is 32.8 Å². The van der Waals surface area contributed by atoms with Gasteiger partial charge < -0.3 is 15.0 Å². The molecular formula is C22H22N6OS. The van der Waals surface area contributed by atoms with Crippen LogP contribution in [0, 0.1) is 20.8 Å². The van der Waals surface area contributed by atoms with Gasteiger partial charge in [0.15, 0.2) is 5.82 Å². The number of rotatable bonds is 4. The SMILES string of the molecule is COc1cc(C)cc2cc(-c3cc(Cn4cc(C)nc4C)n4ncnc(N)c34)sc12. The van der Waals surface area contributed by atoms with E-state index >= 15 is 0 Å². The Bertz CT molecular complexity index is 1410. The first kappa shape index (κ1) is 18.6. The summed E-state index contributed by atoms with van der Waals surface area (Å²) in [5, 5.41) is 5.65. The van der Waals surface area contributed by atoms with Gasteiger partial charge in [0.2, 0.25) is 0 Å². The maximum atomic E-state index is 6.30. The highest BCUT2D eigenvalue weighted by Crippen LogP contribution is 2.42. The van der Waals surface area contributed by atoms with E-state index in [9.17, 15) is 0 Å². The summed E-state index contributed by atoms with van der Waals surface area (Å²) < 4.78 is 10.7. The predicted molar refractivity (Wildman–Crippen MR) is 120 cm³/mol. The Morgan fingerprint density at radius 3 is 2.70 bits per heavy atom. The molecule has 5 aromatic rings. The lowest BCUT2D eigenvalue weighted by Crippen LogP contribution is -2.07. The van der Waals surface area contributed by atoms with Crippen molar-refractivity contribution in [1.29, 1.82) is 0 Å². The highest BCUT2D eigenvalue weighted by Gasteiger charge is 2.19. The summed E-state index contributed by atoms with van der Waals surface area (Å²) in [6.07, 6.45) is 3.55. The number of nitrogens with two attached hydrogens (primary N) is 1. The van der Waals surface area contributed by atoms with Gasteiger partial charge in [-0.05, 0) is 49.9 Å². The normalized spacial score (nSPS) is 11.6. The van der Waals surface area contributed by atoms with Crippen LogP contribution < -0.4 is 10.5 Å². The van der Waals surface area contributed by atoms with Crippen molar-refractivity contribution < 1.29 is 4.74 Å². The first-order valence-corrected chi connectivity index (χ1v) is 10.5. The molecule has 0 bridgehead atoms. The molecule has 0 saturated carbocycles. The Morgan fingerprint density at radius 2 is 1.97 bits per heavy atom. The first-order chi connectivity index (χ1) is 14.4. The van der Waals surface area contributed by atoms with E-state index < -0.39 is 0 Å². The number of ether oxygens (including phenoxy) is 1. The first-order valence-electron chi connectivity index (χ1n) is 9.64. The molecule has 8 heteroatoms. The van der Waals surface area contributed by atoms with Crippen molar-refractivity contribution in [2.24, 2.45) is 0 Å². The zero-order valence-corrected chi connectivity index (χ0v) is 18.1. The largest absolute Gasteiger partial charge is 0.495 e. The van der Waals surface area contributed by atoms with E-state index in [1.54, 1.807) is 18.4 Å². The Kier molecular flexibility index (Phi) is 4.25. The second-order valence-electron chi connectivity index (χ2n) is 7.51. The van der Waals surface area contributed by atoms with Gasteiger partial charge in [-0.2, -0.15) is 5.10 Å². The molecule has 0 fully saturated rings. The Morgan fingerprint density at radius 1 is 1.13 bits per heavy atom. The van der Waals surface area contributed by atoms with Crippen LogP contribution in [0.1, 0.15) is 22.8 Å². The highest BCUT2D eigenvalue weighted by atomic mass is 32.1. The lowest BCUT2D eigenvalue weighted by Gasteiger charge is -2.05. The van der Waals surface area contributed by atoms with Gasteiger partial charge in [-0.25, -0.2) is 14.5 Å². The van der Waals surface area contributed by atoms with Gasteiger partial charge in [-0.1, -0.05) is 6.07 Å². The summed E-state index contributed by atoms with van der Waals surface area (Å²) in [6, 6.07) is 8.58. The van der Waals surface area contributed by atoms with Gasteiger partial charge >= 0.3 is 0 Å². The van der Waals surface area contributed by atoms with Crippen LogP contribution in [0.15, 0.2) is 36.8 Å². The van der Waals surface area contributed by atoms with Crippen LogP contribution in [-0.2, 0) is 6.54 Å². The maximum Gasteiger partial charge on any atom is 0.152 e. The number of fused-ring (bicyclic) bond motifs is 2. The second kappa shape index (κ2) is 6.84. The van der Waals surface area contributed by atoms with Gasteiger partial charge in [0, 0.05) is 16.6 Å². The number of hydrogen-bond acceptors (Lipinski definition) is 6. The number of hydrogen-bond donors (Lipinski definition) is 1. The zero-order chi connectivity index (χ0) is 21.0. The molecule has 0 amide bonds. The summed E-state index contributed by atoms with van der Waals surface area (Å²) in [5.74, 6) is 2.32. The van der Waals surface area contributed by atoms with E-state index in [1.807, 2.05) is 24.6 Å². The van der Waals surface area contributed by atoms with Crippen molar-refractivity contribution in [2.45, 2.75) is 27.3 Å². The van der Waals surface area contributed by atoms with Crippen LogP contribution >= 0.6 is 11.3 Å². The van der Waals surface area contributed by atoms with E-state index in [-0.39, 0.29) is 0 Å². The molecule has 0 aliphatic rings. The molecule has 30 heavy (non-hydrogen) atoms. The van der Waals surface area contributed by atoms with Crippen LogP contribution in [0.2, 0.25) is 0 Å². The number of nitrogens with zero attached hydrogens (tertiary/aromatic N) is 5. The minimum Gasteiger partial charge on any atom is -0.495 e. The van der Waals surface area contributed by atoms with E-state index in [1.165, 1.54) is 11.9 Å². The number of imidazole rings is 1. The molecule has 0 radical (unpaired) electrons. The smallest absolute Gasteiger partial charge is 0.152 e. The van der Waals surface area contributed by atoms with Gasteiger partial charge in [0.25, 0.3) is 0 Å². The minimum atomic E-state index is 0.463. The molecule has 2 N–H and O–H groups in total. The molecular weight excluding hydrogens is 396 g/mol. The molecule has 0 saturated heterocycles. The number of anilines is 1. The third-order valence-electron chi connectivity index (χ3n) is 5.30. The standard InChI is InChI=1S/C22H22N6OS/c1-12-5-15-7-19(30-21(15)18(6-12)29-4)17-8-16(10-27-9-13(2)26-14(27)3)28-20(17)22(23)24-11-25-28/h5-9,11H,10H2,1-4H3,(H2,23,24,25). The highest BCUT2D eigenvalue weighted by molar-refractivity contribution is 7.22. The van der Waals surface area contributed by atoms with Crippen LogP contribution in [0.4, 0.5) is 5.82 Å². The molecule has 152 valence electrons. The molecule has 4 heterocycles. The van der Waals surface area contributed by atoms with Crippen LogP contribution in [0.5, 0.6) is 5.75 Å². The molecule has 4 aromatic heterocycles. The van der Waals surface area contributed by atoms with E-state index in [2.05, 4.69) is 50.8 Å². The van der Waals surface area contributed by atoms with Gasteiger partial charge in [-0.15, -0.1) is 11.3 Å². The Hall–Kier alpha value is -3.39. The van der Waals surface area contributed by atoms with Crippen LogP contribution in [0.3, 0.4) is 0 Å². The topological polar surface area (TPSA) is 83.3 Å². The molecule has 7 nitrogen and oxygen atoms in total. The van der Waals surface area contributed by atoms with E-state index in [0.29, 0.717) is 12.4 Å². The van der Waals surface area contributed by atoms with E-state index in [0.717, 1.165) is 49.0 Å². The average molecular weight is 419 g/mol. The molecule has 0 unspecified atom stereocenters. The van der Waals surface area contributed by atoms with Crippen LogP contribution in [0.25, 0.3) is 26.0 Å². The third kappa shape index (κ3) is 2.91. The van der Waals surface area contributed by atoms with Gasteiger partial charge in [0.1, 0.15) is 23.4 Å². The molecule has 0 atom stereocenters. The summed E-state index contributed by atoms with van der Waals surface area (Å²) in [5.41, 5.74) is 11.3. The molecule has 5 rings (SSSR count). The van der Waals surface area contributed by atoms with Gasteiger partial charge in [-0.3, -0.25) is 0 Å². The maximum absolute atomic E-state index is 6.30. The quantitative estimate of drug-likeness (QED) is 0.468. The monoisotopic (exact) mass is 418 g/mol. The van der Waals surface area contributed by atoms with Crippen molar-refractivity contribution in [2.75, 3.05) is 12.8 Å².